The van der Waals surface area contributed by atoms with Gasteiger partial charge in [-0.2, -0.15) is 0 Å². The lowest BCUT2D eigenvalue weighted by Gasteiger charge is -2.35. The Hall–Kier alpha value is -1.88. The van der Waals surface area contributed by atoms with E-state index in [1.54, 1.807) is 12.0 Å². The molecule has 18 heavy (non-hydrogen) atoms. The lowest BCUT2D eigenvalue weighted by molar-refractivity contribution is -0.146. The maximum absolute atomic E-state index is 12.0. The van der Waals surface area contributed by atoms with Gasteiger partial charge in [0.25, 0.3) is 0 Å². The molecule has 1 atom stereocenters. The number of carbonyl (C=O) groups is 2. The average molecular weight is 248 g/mol. The van der Waals surface area contributed by atoms with Gasteiger partial charge < -0.3 is 15.0 Å². The van der Waals surface area contributed by atoms with Crippen LogP contribution in [0.25, 0.3) is 0 Å². The summed E-state index contributed by atoms with van der Waals surface area (Å²) in [6.45, 7) is 0.899. The monoisotopic (exact) mass is 248 g/mol. The number of benzene rings is 1. The first-order valence-electron chi connectivity index (χ1n) is 5.85. The highest BCUT2D eigenvalue weighted by Gasteiger charge is 2.34. The summed E-state index contributed by atoms with van der Waals surface area (Å²) >= 11 is 0. The van der Waals surface area contributed by atoms with Gasteiger partial charge in [0.1, 0.15) is 6.04 Å². The van der Waals surface area contributed by atoms with Crippen molar-refractivity contribution in [3.63, 3.8) is 0 Å². The Morgan fingerprint density at radius 2 is 2.06 bits per heavy atom. The van der Waals surface area contributed by atoms with Crippen molar-refractivity contribution >= 4 is 11.8 Å². The zero-order valence-corrected chi connectivity index (χ0v) is 10.3. The van der Waals surface area contributed by atoms with Gasteiger partial charge in [0.2, 0.25) is 11.8 Å². The molecule has 0 saturated carbocycles. The molecule has 0 bridgehead atoms. The molecule has 2 rings (SSSR count). The Balaban J connectivity index is 2.26. The van der Waals surface area contributed by atoms with Gasteiger partial charge in [0.15, 0.2) is 0 Å². The van der Waals surface area contributed by atoms with Crippen LogP contribution >= 0.6 is 0 Å². The minimum atomic E-state index is -0.553. The normalized spacial score (nSPS) is 19.8. The quantitative estimate of drug-likeness (QED) is 0.835. The molecule has 1 aromatic rings. The first-order chi connectivity index (χ1) is 8.74. The smallest absolute Gasteiger partial charge is 0.247 e. The van der Waals surface area contributed by atoms with Crippen molar-refractivity contribution in [3.05, 3.63) is 35.9 Å². The van der Waals surface area contributed by atoms with E-state index in [1.807, 2.05) is 30.3 Å². The maximum atomic E-state index is 12.0. The van der Waals surface area contributed by atoms with Gasteiger partial charge in [-0.15, -0.1) is 0 Å². The van der Waals surface area contributed by atoms with Gasteiger partial charge >= 0.3 is 0 Å². The third kappa shape index (κ3) is 2.51. The molecule has 1 N–H and O–H groups in total. The average Bonchev–Trinajstić information content (AvgIpc) is 2.40. The fourth-order valence-corrected chi connectivity index (χ4v) is 2.06. The molecule has 5 nitrogen and oxygen atoms in total. The molecule has 2 amide bonds. The van der Waals surface area contributed by atoms with Gasteiger partial charge in [-0.25, -0.2) is 0 Å². The number of nitrogens with zero attached hydrogens (tertiary/aromatic N) is 1. The zero-order valence-electron chi connectivity index (χ0n) is 10.3. The maximum Gasteiger partial charge on any atom is 0.247 e. The molecule has 1 heterocycles. The van der Waals surface area contributed by atoms with Crippen molar-refractivity contribution in [2.45, 2.75) is 6.04 Å². The number of rotatable bonds is 4. The predicted octanol–water partition coefficient (Wildman–Crippen LogP) is 0.332. The summed E-state index contributed by atoms with van der Waals surface area (Å²) < 4.78 is 4.99. The van der Waals surface area contributed by atoms with Crippen LogP contribution in [0.15, 0.2) is 30.3 Å². The molecule has 1 saturated heterocycles. The lowest BCUT2D eigenvalue weighted by atomic mass is 10.0. The number of nitrogens with one attached hydrogen (secondary N) is 1. The van der Waals surface area contributed by atoms with E-state index >= 15 is 0 Å². The number of amides is 2. The molecule has 1 aliphatic heterocycles. The molecule has 1 aliphatic rings. The first kappa shape index (κ1) is 12.6. The first-order valence-corrected chi connectivity index (χ1v) is 5.85. The zero-order chi connectivity index (χ0) is 13.0. The molecular weight excluding hydrogens is 232 g/mol. The fourth-order valence-electron chi connectivity index (χ4n) is 2.06. The van der Waals surface area contributed by atoms with Crippen LogP contribution in [0.3, 0.4) is 0 Å². The second kappa shape index (κ2) is 5.64. The minimum Gasteiger partial charge on any atom is -0.383 e. The molecule has 1 aromatic carbocycles. The second-order valence-electron chi connectivity index (χ2n) is 4.11. The van der Waals surface area contributed by atoms with Crippen molar-refractivity contribution in [2.75, 3.05) is 26.8 Å². The highest BCUT2D eigenvalue weighted by atomic mass is 16.5. The van der Waals surface area contributed by atoms with Crippen molar-refractivity contribution in [2.24, 2.45) is 0 Å². The Labute approximate surface area is 106 Å². The van der Waals surface area contributed by atoms with E-state index in [1.165, 1.54) is 0 Å². The summed E-state index contributed by atoms with van der Waals surface area (Å²) in [6, 6.07) is 8.74. The van der Waals surface area contributed by atoms with E-state index < -0.39 is 6.04 Å². The van der Waals surface area contributed by atoms with E-state index in [2.05, 4.69) is 5.32 Å². The molecule has 0 aliphatic carbocycles. The van der Waals surface area contributed by atoms with Gasteiger partial charge in [-0.3, -0.25) is 9.59 Å². The molecule has 0 aromatic heterocycles. The van der Waals surface area contributed by atoms with E-state index in [9.17, 15) is 9.59 Å². The van der Waals surface area contributed by atoms with Crippen molar-refractivity contribution in [1.82, 2.24) is 10.2 Å². The Morgan fingerprint density at radius 3 is 2.72 bits per heavy atom. The predicted molar refractivity (Wildman–Crippen MR) is 65.8 cm³/mol. The summed E-state index contributed by atoms with van der Waals surface area (Å²) in [7, 11) is 1.58. The van der Waals surface area contributed by atoms with Gasteiger partial charge in [0, 0.05) is 13.7 Å². The molecule has 96 valence electrons. The third-order valence-electron chi connectivity index (χ3n) is 2.95. The second-order valence-corrected chi connectivity index (χ2v) is 4.11. The number of methoxy groups -OCH3 is 1. The summed E-state index contributed by atoms with van der Waals surface area (Å²) in [5.74, 6) is -0.225. The van der Waals surface area contributed by atoms with E-state index in [4.69, 9.17) is 4.74 Å². The summed E-state index contributed by atoms with van der Waals surface area (Å²) in [5, 5.41) is 2.62. The van der Waals surface area contributed by atoms with Gasteiger partial charge in [0.05, 0.1) is 13.2 Å². The largest absolute Gasteiger partial charge is 0.383 e. The standard InChI is InChI=1S/C13H16N2O3/c1-18-8-7-15-11(16)9-14-13(17)12(15)10-5-3-2-4-6-10/h2-6,12H,7-9H2,1H3,(H,14,17). The van der Waals surface area contributed by atoms with Crippen molar-refractivity contribution in [1.29, 1.82) is 0 Å². The van der Waals surface area contributed by atoms with Crippen LogP contribution in [0.1, 0.15) is 11.6 Å². The highest BCUT2D eigenvalue weighted by molar-refractivity contribution is 5.95. The summed E-state index contributed by atoms with van der Waals surface area (Å²) in [5.41, 5.74) is 0.819. The number of piperazine rings is 1. The SMILES string of the molecule is COCCN1C(=O)CNC(=O)C1c1ccccc1. The lowest BCUT2D eigenvalue weighted by Crippen LogP contribution is -2.54. The van der Waals surface area contributed by atoms with Gasteiger partial charge in [-0.05, 0) is 5.56 Å². The molecular formula is C13H16N2O3. The Kier molecular flexibility index (Phi) is 3.94. The van der Waals surface area contributed by atoms with Crippen molar-refractivity contribution < 1.29 is 14.3 Å². The third-order valence-corrected chi connectivity index (χ3v) is 2.95. The molecule has 1 unspecified atom stereocenters. The van der Waals surface area contributed by atoms with Gasteiger partial charge in [-0.1, -0.05) is 30.3 Å². The van der Waals surface area contributed by atoms with Crippen LogP contribution in [0.5, 0.6) is 0 Å². The Morgan fingerprint density at radius 1 is 1.33 bits per heavy atom. The number of carbonyl (C=O) groups excluding carboxylic acids is 2. The molecule has 0 radical (unpaired) electrons. The summed E-state index contributed by atoms with van der Waals surface area (Å²) in [6.07, 6.45) is 0. The van der Waals surface area contributed by atoms with Crippen LogP contribution in [-0.2, 0) is 14.3 Å². The highest BCUT2D eigenvalue weighted by Crippen LogP contribution is 2.23. The van der Waals surface area contributed by atoms with Crippen LogP contribution in [0, 0.1) is 0 Å². The summed E-state index contributed by atoms with van der Waals surface area (Å²) in [4.78, 5) is 25.4. The van der Waals surface area contributed by atoms with Crippen LogP contribution in [-0.4, -0.2) is 43.5 Å². The molecule has 0 spiro atoms. The number of ether oxygens (including phenoxy) is 1. The Bertz CT molecular complexity index is 433. The minimum absolute atomic E-state index is 0.0614. The fraction of sp³-hybridized carbons (Fsp3) is 0.385. The van der Waals surface area contributed by atoms with Crippen molar-refractivity contribution in [3.8, 4) is 0 Å². The van der Waals surface area contributed by atoms with Crippen LogP contribution < -0.4 is 5.32 Å². The molecule has 1 fully saturated rings. The number of hydrogen-bond donors (Lipinski definition) is 1. The molecule has 5 heteroatoms. The van der Waals surface area contributed by atoms with E-state index in [0.29, 0.717) is 13.2 Å². The van der Waals surface area contributed by atoms with Crippen LogP contribution in [0.2, 0.25) is 0 Å². The van der Waals surface area contributed by atoms with E-state index in [-0.39, 0.29) is 18.4 Å². The number of hydrogen-bond acceptors (Lipinski definition) is 3. The van der Waals surface area contributed by atoms with Crippen LogP contribution in [0.4, 0.5) is 0 Å². The van der Waals surface area contributed by atoms with E-state index in [0.717, 1.165) is 5.56 Å². The topological polar surface area (TPSA) is 58.6 Å².